The molecule has 1 aliphatic carbocycles. The first kappa shape index (κ1) is 29.6. The second-order valence-electron chi connectivity index (χ2n) is 10.6. The summed E-state index contributed by atoms with van der Waals surface area (Å²) in [5, 5.41) is 8.25. The smallest absolute Gasteiger partial charge is 0.277 e. The van der Waals surface area contributed by atoms with E-state index in [1.54, 1.807) is 17.6 Å². The van der Waals surface area contributed by atoms with E-state index in [9.17, 15) is 9.59 Å². The van der Waals surface area contributed by atoms with Crippen molar-refractivity contribution in [3.8, 4) is 10.8 Å². The second kappa shape index (κ2) is 13.4. The molecule has 2 amide bonds. The maximum Gasteiger partial charge on any atom is 0.277 e. The van der Waals surface area contributed by atoms with Gasteiger partial charge in [-0.2, -0.15) is 5.10 Å². The van der Waals surface area contributed by atoms with Gasteiger partial charge in [-0.25, -0.2) is 5.43 Å². The summed E-state index contributed by atoms with van der Waals surface area (Å²) in [5.41, 5.74) is 9.39. The number of ether oxygens (including phenoxy) is 1. The summed E-state index contributed by atoms with van der Waals surface area (Å²) in [6, 6.07) is 19.6. The fourth-order valence-corrected chi connectivity index (χ4v) is 9.87. The maximum absolute atomic E-state index is 13.7. The van der Waals surface area contributed by atoms with Gasteiger partial charge in [-0.05, 0) is 81.0 Å². The van der Waals surface area contributed by atoms with Crippen molar-refractivity contribution in [2.45, 2.75) is 44.1 Å². The summed E-state index contributed by atoms with van der Waals surface area (Å²) in [6.07, 6.45) is 5.79. The van der Waals surface area contributed by atoms with E-state index in [1.165, 1.54) is 27.5 Å². The van der Waals surface area contributed by atoms with Crippen LogP contribution in [0.15, 0.2) is 65.8 Å². The van der Waals surface area contributed by atoms with E-state index in [2.05, 4.69) is 32.5 Å². The number of thiophene rings is 1. The lowest BCUT2D eigenvalue weighted by molar-refractivity contribution is -0.123. The van der Waals surface area contributed by atoms with Gasteiger partial charge < -0.3 is 14.6 Å². The van der Waals surface area contributed by atoms with Crippen LogP contribution in [0.2, 0.25) is 0 Å². The Balaban J connectivity index is 1.14. The third-order valence-corrected chi connectivity index (χ3v) is 12.0. The van der Waals surface area contributed by atoms with Gasteiger partial charge in [0.15, 0.2) is 6.61 Å². The molecule has 0 saturated carbocycles. The van der Waals surface area contributed by atoms with Crippen LogP contribution >= 0.6 is 34.9 Å². The average molecular weight is 631 g/mol. The topological polar surface area (TPSA) is 84.7 Å². The number of hydrogen-bond acceptors (Lipinski definition) is 7. The summed E-state index contributed by atoms with van der Waals surface area (Å²) in [7, 11) is 0. The normalized spacial score (nSPS) is 15.0. The van der Waals surface area contributed by atoms with Crippen LogP contribution in [0.4, 0.5) is 5.69 Å². The van der Waals surface area contributed by atoms with Crippen molar-refractivity contribution < 1.29 is 14.3 Å². The highest BCUT2D eigenvalue weighted by molar-refractivity contribution is 8.19. The van der Waals surface area contributed by atoms with Gasteiger partial charge in [-0.15, -0.1) is 34.9 Å². The average Bonchev–Trinajstić information content (AvgIpc) is 3.75. The van der Waals surface area contributed by atoms with Crippen molar-refractivity contribution in [3.05, 3.63) is 99.2 Å². The number of rotatable bonds is 9. The Morgan fingerprint density at radius 3 is 2.53 bits per heavy atom. The van der Waals surface area contributed by atoms with Gasteiger partial charge in [0.1, 0.15) is 10.8 Å². The highest BCUT2D eigenvalue weighted by atomic mass is 32.2. The van der Waals surface area contributed by atoms with Crippen LogP contribution in [0.5, 0.6) is 5.75 Å². The quantitative estimate of drug-likeness (QED) is 0.150. The molecule has 7 nitrogen and oxygen atoms in total. The molecule has 2 aromatic carbocycles. The number of benzene rings is 2. The number of anilines is 1. The Kier molecular flexibility index (Phi) is 9.25. The van der Waals surface area contributed by atoms with Crippen LogP contribution < -0.4 is 15.5 Å². The van der Waals surface area contributed by atoms with Gasteiger partial charge >= 0.3 is 0 Å². The highest BCUT2D eigenvalue weighted by Gasteiger charge is 2.28. The van der Waals surface area contributed by atoms with Crippen molar-refractivity contribution in [2.24, 2.45) is 5.10 Å². The fourth-order valence-electron chi connectivity index (χ4n) is 5.52. The zero-order chi connectivity index (χ0) is 29.8. The molecule has 2 N–H and O–H groups in total. The number of para-hydroxylation sites is 1. The van der Waals surface area contributed by atoms with Crippen molar-refractivity contribution in [3.63, 3.8) is 0 Å². The van der Waals surface area contributed by atoms with Crippen molar-refractivity contribution in [1.29, 1.82) is 0 Å². The van der Waals surface area contributed by atoms with Crippen molar-refractivity contribution >= 4 is 58.6 Å². The molecule has 10 heteroatoms. The van der Waals surface area contributed by atoms with Gasteiger partial charge in [0, 0.05) is 39.0 Å². The Labute approximate surface area is 264 Å². The number of thioether (sulfide) groups is 2. The van der Waals surface area contributed by atoms with Gasteiger partial charge in [0.25, 0.3) is 11.8 Å². The van der Waals surface area contributed by atoms with Crippen LogP contribution in [-0.2, 0) is 17.6 Å². The summed E-state index contributed by atoms with van der Waals surface area (Å²) in [5.74, 6) is 2.61. The van der Waals surface area contributed by atoms with E-state index in [-0.39, 0.29) is 18.4 Å². The molecule has 6 rings (SSSR count). The largest absolute Gasteiger partial charge is 0.484 e. The number of fused-ring (bicyclic) bond motifs is 1. The molecule has 43 heavy (non-hydrogen) atoms. The van der Waals surface area contributed by atoms with E-state index >= 15 is 0 Å². The lowest BCUT2D eigenvalue weighted by Crippen LogP contribution is -2.24. The van der Waals surface area contributed by atoms with Gasteiger partial charge in [0.05, 0.1) is 16.4 Å². The molecule has 2 aliphatic rings. The fraction of sp³-hybridized carbons (Fsp3) is 0.303. The number of aryl methyl sites for hydroxylation is 2. The van der Waals surface area contributed by atoms with E-state index < -0.39 is 0 Å². The zero-order valence-electron chi connectivity index (χ0n) is 24.2. The molecule has 2 aromatic heterocycles. The first-order chi connectivity index (χ1) is 21.0. The van der Waals surface area contributed by atoms with Gasteiger partial charge in [-0.1, -0.05) is 30.3 Å². The molecule has 0 unspecified atom stereocenters. The zero-order valence-corrected chi connectivity index (χ0v) is 26.7. The molecule has 0 radical (unpaired) electrons. The first-order valence-corrected chi connectivity index (χ1v) is 17.4. The maximum atomic E-state index is 13.7. The number of carbonyl (C=O) groups is 2. The summed E-state index contributed by atoms with van der Waals surface area (Å²) >= 11 is 5.63. The minimum atomic E-state index is -0.332. The number of carbonyl (C=O) groups excluding carboxylic acids is 2. The third-order valence-electron chi connectivity index (χ3n) is 7.62. The Morgan fingerprint density at radius 1 is 1.02 bits per heavy atom. The lowest BCUT2D eigenvalue weighted by atomic mass is 9.95. The predicted octanol–water partition coefficient (Wildman–Crippen LogP) is 7.29. The Hall–Kier alpha value is -3.47. The monoisotopic (exact) mass is 630 g/mol. The number of aromatic nitrogens is 1. The second-order valence-corrected chi connectivity index (χ2v) is 14.4. The van der Waals surface area contributed by atoms with Crippen molar-refractivity contribution in [1.82, 2.24) is 9.99 Å². The number of hydrogen-bond donors (Lipinski definition) is 2. The number of hydrazone groups is 1. The summed E-state index contributed by atoms with van der Waals surface area (Å²) in [4.78, 5) is 27.4. The Bertz CT molecular complexity index is 1640. The third kappa shape index (κ3) is 6.71. The van der Waals surface area contributed by atoms with E-state index in [4.69, 9.17) is 4.74 Å². The summed E-state index contributed by atoms with van der Waals surface area (Å²) in [6.45, 7) is 3.93. The Morgan fingerprint density at radius 2 is 1.77 bits per heavy atom. The number of nitrogens with one attached hydrogen (secondary N) is 2. The molecule has 1 aliphatic heterocycles. The lowest BCUT2D eigenvalue weighted by Gasteiger charge is -2.14. The van der Waals surface area contributed by atoms with Gasteiger partial charge in [0.2, 0.25) is 0 Å². The minimum Gasteiger partial charge on any atom is -0.484 e. The van der Waals surface area contributed by atoms with Crippen LogP contribution in [0.1, 0.15) is 60.7 Å². The van der Waals surface area contributed by atoms with E-state index in [0.717, 1.165) is 58.9 Å². The SMILES string of the molecule is Cc1cc(/C=N\NC(=O)COc2ccc(C3SCCS3)cc2)c(C)n1-c1sc2c(c1C(=O)Nc1ccccc1)CCCC2. The molecule has 0 atom stereocenters. The number of amides is 2. The first-order valence-electron chi connectivity index (χ1n) is 14.5. The van der Waals surface area contributed by atoms with Crippen LogP contribution in [0, 0.1) is 13.8 Å². The minimum absolute atomic E-state index is 0.0819. The molecular formula is C33H34N4O3S3. The molecule has 0 bridgehead atoms. The molecule has 0 spiro atoms. The summed E-state index contributed by atoms with van der Waals surface area (Å²) < 4.78 is 8.29. The predicted molar refractivity (Wildman–Crippen MR) is 179 cm³/mol. The van der Waals surface area contributed by atoms with Crippen LogP contribution in [0.25, 0.3) is 5.00 Å². The molecule has 1 saturated heterocycles. The molecular weight excluding hydrogens is 597 g/mol. The molecule has 3 heterocycles. The van der Waals surface area contributed by atoms with E-state index in [0.29, 0.717) is 10.3 Å². The molecule has 222 valence electrons. The van der Waals surface area contributed by atoms with E-state index in [1.807, 2.05) is 85.9 Å². The van der Waals surface area contributed by atoms with Gasteiger partial charge in [-0.3, -0.25) is 9.59 Å². The van der Waals surface area contributed by atoms with Crippen molar-refractivity contribution in [2.75, 3.05) is 23.4 Å². The van der Waals surface area contributed by atoms with Crippen LogP contribution in [0.3, 0.4) is 0 Å². The molecule has 1 fully saturated rings. The van der Waals surface area contributed by atoms with Crippen LogP contribution in [-0.4, -0.2) is 40.7 Å². The molecule has 4 aromatic rings. The standard InChI is InChI=1S/C33H34N4O3S3/c1-21-18-24(19-34-36-29(38)20-40-26-14-12-23(13-15-26)33-41-16-17-42-33)22(2)37(21)32-30(27-10-6-7-11-28(27)43-32)31(39)35-25-8-4-3-5-9-25/h3-5,8-9,12-15,18-19,33H,6-7,10-11,16-17,20H2,1-2H3,(H,35,39)(H,36,38)/b34-19-. The highest BCUT2D eigenvalue weighted by Crippen LogP contribution is 2.45. The number of nitrogens with zero attached hydrogens (tertiary/aromatic N) is 2.